The van der Waals surface area contributed by atoms with E-state index >= 15 is 0 Å². The fraction of sp³-hybridized carbons (Fsp3) is 0.882. The van der Waals surface area contributed by atoms with Crippen molar-refractivity contribution in [2.75, 3.05) is 39.4 Å². The third-order valence-corrected chi connectivity index (χ3v) is 4.61. The van der Waals surface area contributed by atoms with Gasteiger partial charge in [-0.05, 0) is 39.0 Å². The van der Waals surface area contributed by atoms with Crippen LogP contribution in [-0.4, -0.2) is 66.8 Å². The van der Waals surface area contributed by atoms with Gasteiger partial charge in [-0.1, -0.05) is 13.3 Å². The number of carbonyl (C=O) groups excluding carboxylic acids is 2. The van der Waals surface area contributed by atoms with Crippen LogP contribution in [0.3, 0.4) is 0 Å². The van der Waals surface area contributed by atoms with Gasteiger partial charge < -0.3 is 14.4 Å². The molecule has 6 heteroatoms. The molecule has 0 N–H and O–H groups in total. The number of piperazine rings is 1. The van der Waals surface area contributed by atoms with E-state index in [1.165, 1.54) is 4.90 Å². The van der Waals surface area contributed by atoms with E-state index in [0.717, 1.165) is 45.4 Å². The molecule has 0 radical (unpaired) electrons. The van der Waals surface area contributed by atoms with Crippen molar-refractivity contribution in [3.05, 3.63) is 0 Å². The van der Waals surface area contributed by atoms with Crippen LogP contribution in [0.15, 0.2) is 0 Å². The molecule has 2 saturated heterocycles. The van der Waals surface area contributed by atoms with Crippen molar-refractivity contribution in [1.29, 1.82) is 0 Å². The second kappa shape index (κ2) is 7.99. The number of carbonyl (C=O) groups is 2. The van der Waals surface area contributed by atoms with E-state index in [1.807, 2.05) is 18.7 Å². The van der Waals surface area contributed by atoms with Crippen LogP contribution in [0, 0.1) is 5.92 Å². The summed E-state index contributed by atoms with van der Waals surface area (Å²) in [6.07, 6.45) is 3.43. The van der Waals surface area contributed by atoms with E-state index in [9.17, 15) is 9.59 Å². The predicted molar refractivity (Wildman–Crippen MR) is 87.2 cm³/mol. The highest BCUT2D eigenvalue weighted by molar-refractivity contribution is 5.83. The number of hydrogen-bond acceptors (Lipinski definition) is 4. The van der Waals surface area contributed by atoms with Gasteiger partial charge in [0.1, 0.15) is 12.1 Å². The van der Waals surface area contributed by atoms with E-state index in [2.05, 4.69) is 6.92 Å². The summed E-state index contributed by atoms with van der Waals surface area (Å²) in [6, 6.07) is 0. The maximum Gasteiger partial charge on any atom is 0.410 e. The molecule has 23 heavy (non-hydrogen) atoms. The van der Waals surface area contributed by atoms with Crippen molar-refractivity contribution in [1.82, 2.24) is 9.80 Å². The Morgan fingerprint density at radius 1 is 1.30 bits per heavy atom. The molecule has 2 amide bonds. The van der Waals surface area contributed by atoms with Crippen molar-refractivity contribution in [2.45, 2.75) is 52.1 Å². The second-order valence-corrected chi connectivity index (χ2v) is 7.19. The highest BCUT2D eigenvalue weighted by Gasteiger charge is 2.32. The number of ether oxygens (including phenoxy) is 2. The lowest BCUT2D eigenvalue weighted by Gasteiger charge is -2.37. The molecular formula is C17H30N2O4. The summed E-state index contributed by atoms with van der Waals surface area (Å²) in [5, 5.41) is 0. The van der Waals surface area contributed by atoms with E-state index in [-0.39, 0.29) is 18.5 Å². The Morgan fingerprint density at radius 2 is 2.00 bits per heavy atom. The van der Waals surface area contributed by atoms with Gasteiger partial charge in [-0.3, -0.25) is 9.69 Å². The SMILES string of the molecule is CCCC(C)(C)OC(=O)N1CCN(CC2CCOCC2)C(=O)C1. The molecule has 0 bridgehead atoms. The smallest absolute Gasteiger partial charge is 0.410 e. The van der Waals surface area contributed by atoms with Crippen molar-refractivity contribution in [2.24, 2.45) is 5.92 Å². The lowest BCUT2D eigenvalue weighted by molar-refractivity contribution is -0.137. The fourth-order valence-corrected chi connectivity index (χ4v) is 3.25. The normalized spacial score (nSPS) is 20.7. The molecule has 2 heterocycles. The fourth-order valence-electron chi connectivity index (χ4n) is 3.25. The molecule has 0 aliphatic carbocycles. The number of hydrogen-bond donors (Lipinski definition) is 0. The van der Waals surface area contributed by atoms with Crippen LogP contribution in [0.4, 0.5) is 4.79 Å². The zero-order chi connectivity index (χ0) is 16.9. The maximum atomic E-state index is 12.3. The molecule has 0 atom stereocenters. The van der Waals surface area contributed by atoms with Gasteiger partial charge in [-0.2, -0.15) is 0 Å². The summed E-state index contributed by atoms with van der Waals surface area (Å²) in [4.78, 5) is 28.0. The van der Waals surface area contributed by atoms with Gasteiger partial charge in [0.05, 0.1) is 0 Å². The quantitative estimate of drug-likeness (QED) is 0.778. The summed E-state index contributed by atoms with van der Waals surface area (Å²) in [5.41, 5.74) is -0.478. The van der Waals surface area contributed by atoms with Gasteiger partial charge in [0.25, 0.3) is 0 Å². The van der Waals surface area contributed by atoms with Crippen molar-refractivity contribution >= 4 is 12.0 Å². The van der Waals surface area contributed by atoms with Gasteiger partial charge in [0.15, 0.2) is 0 Å². The first-order valence-electron chi connectivity index (χ1n) is 8.74. The maximum absolute atomic E-state index is 12.3. The van der Waals surface area contributed by atoms with Crippen LogP contribution in [0.5, 0.6) is 0 Å². The minimum Gasteiger partial charge on any atom is -0.443 e. The summed E-state index contributed by atoms with van der Waals surface area (Å²) in [6.45, 7) is 9.53. The molecule has 0 aromatic heterocycles. The highest BCUT2D eigenvalue weighted by atomic mass is 16.6. The Labute approximate surface area is 139 Å². The van der Waals surface area contributed by atoms with Crippen LogP contribution < -0.4 is 0 Å². The van der Waals surface area contributed by atoms with Crippen LogP contribution in [-0.2, 0) is 14.3 Å². The van der Waals surface area contributed by atoms with Crippen LogP contribution in [0.1, 0.15) is 46.5 Å². The molecule has 2 fully saturated rings. The first-order chi connectivity index (χ1) is 10.9. The van der Waals surface area contributed by atoms with Crippen molar-refractivity contribution < 1.29 is 19.1 Å². The number of rotatable bonds is 5. The molecule has 2 rings (SSSR count). The molecular weight excluding hydrogens is 296 g/mol. The van der Waals surface area contributed by atoms with Gasteiger partial charge in [-0.15, -0.1) is 0 Å². The summed E-state index contributed by atoms with van der Waals surface area (Å²) >= 11 is 0. The third kappa shape index (κ3) is 5.37. The Morgan fingerprint density at radius 3 is 2.61 bits per heavy atom. The van der Waals surface area contributed by atoms with E-state index < -0.39 is 5.60 Å². The molecule has 0 unspecified atom stereocenters. The van der Waals surface area contributed by atoms with Crippen LogP contribution in [0.2, 0.25) is 0 Å². The van der Waals surface area contributed by atoms with E-state index in [4.69, 9.17) is 9.47 Å². The van der Waals surface area contributed by atoms with Crippen LogP contribution in [0.25, 0.3) is 0 Å². The second-order valence-electron chi connectivity index (χ2n) is 7.19. The average Bonchev–Trinajstić information content (AvgIpc) is 2.49. The minimum absolute atomic E-state index is 0.0213. The molecule has 132 valence electrons. The molecule has 0 spiro atoms. The first-order valence-corrected chi connectivity index (χ1v) is 8.74. The van der Waals surface area contributed by atoms with Gasteiger partial charge in [-0.25, -0.2) is 4.79 Å². The van der Waals surface area contributed by atoms with Gasteiger partial charge >= 0.3 is 6.09 Å². The van der Waals surface area contributed by atoms with Gasteiger partial charge in [0.2, 0.25) is 5.91 Å². The molecule has 0 saturated carbocycles. The van der Waals surface area contributed by atoms with Gasteiger partial charge in [0, 0.05) is 32.8 Å². The Kier molecular flexibility index (Phi) is 6.27. The van der Waals surface area contributed by atoms with E-state index in [1.54, 1.807) is 0 Å². The molecule has 2 aliphatic heterocycles. The lowest BCUT2D eigenvalue weighted by Crippen LogP contribution is -2.54. The predicted octanol–water partition coefficient (Wildman–Crippen LogP) is 2.27. The average molecular weight is 326 g/mol. The summed E-state index contributed by atoms with van der Waals surface area (Å²) in [7, 11) is 0. The third-order valence-electron chi connectivity index (χ3n) is 4.61. The molecule has 6 nitrogen and oxygen atoms in total. The van der Waals surface area contributed by atoms with Crippen molar-refractivity contribution in [3.8, 4) is 0 Å². The first kappa shape index (κ1) is 18.0. The van der Waals surface area contributed by atoms with Crippen LogP contribution >= 0.6 is 0 Å². The highest BCUT2D eigenvalue weighted by Crippen LogP contribution is 2.20. The Bertz CT molecular complexity index is 419. The zero-order valence-corrected chi connectivity index (χ0v) is 14.7. The Balaban J connectivity index is 1.80. The molecule has 0 aromatic rings. The monoisotopic (exact) mass is 326 g/mol. The summed E-state index contributed by atoms with van der Waals surface area (Å²) in [5.74, 6) is 0.544. The minimum atomic E-state index is -0.478. The summed E-state index contributed by atoms with van der Waals surface area (Å²) < 4.78 is 10.9. The topological polar surface area (TPSA) is 59.1 Å². The zero-order valence-electron chi connectivity index (χ0n) is 14.7. The Hall–Kier alpha value is -1.30. The molecule has 2 aliphatic rings. The van der Waals surface area contributed by atoms with E-state index in [0.29, 0.717) is 19.0 Å². The number of nitrogens with zero attached hydrogens (tertiary/aromatic N) is 2. The number of amides is 2. The lowest BCUT2D eigenvalue weighted by atomic mass is 9.99. The largest absolute Gasteiger partial charge is 0.443 e. The standard InChI is InChI=1S/C17H30N2O4/c1-4-7-17(2,3)23-16(21)19-9-8-18(15(20)13-19)12-14-5-10-22-11-6-14/h14H,4-13H2,1-3H3. The van der Waals surface area contributed by atoms with Crippen molar-refractivity contribution in [3.63, 3.8) is 0 Å². The molecule has 0 aromatic carbocycles.